The Morgan fingerprint density at radius 2 is 1.84 bits per heavy atom. The number of nitrogens with zero attached hydrogens (tertiary/aromatic N) is 2. The Balaban J connectivity index is 1.45. The number of allylic oxidation sites excluding steroid dienone is 3. The molecule has 4 aliphatic rings. The van der Waals surface area contributed by atoms with E-state index in [0.717, 1.165) is 56.4 Å². The number of aliphatic hydroxyl groups excluding tert-OH is 1. The Hall–Kier alpha value is -1.13. The van der Waals surface area contributed by atoms with Crippen LogP contribution in [0.2, 0.25) is 0 Å². The van der Waals surface area contributed by atoms with E-state index in [0.29, 0.717) is 17.9 Å². The highest BCUT2D eigenvalue weighted by molar-refractivity contribution is 5.99. The van der Waals surface area contributed by atoms with Crippen molar-refractivity contribution in [1.82, 2.24) is 4.90 Å². The fourth-order valence-corrected chi connectivity index (χ4v) is 7.67. The van der Waals surface area contributed by atoms with Crippen molar-refractivity contribution in [3.8, 4) is 0 Å². The monoisotopic (exact) mass is 428 g/mol. The Labute approximate surface area is 189 Å². The van der Waals surface area contributed by atoms with Crippen LogP contribution >= 0.6 is 0 Å². The Kier molecular flexibility index (Phi) is 6.70. The largest absolute Gasteiger partial charge is 0.394 e. The third-order valence-electron chi connectivity index (χ3n) is 9.64. The fourth-order valence-electron chi connectivity index (χ4n) is 7.67. The van der Waals surface area contributed by atoms with Gasteiger partial charge >= 0.3 is 0 Å². The van der Waals surface area contributed by atoms with Crippen molar-refractivity contribution in [1.29, 1.82) is 0 Å². The van der Waals surface area contributed by atoms with Crippen molar-refractivity contribution >= 4 is 5.71 Å². The molecule has 0 bridgehead atoms. The molecular weight excluding hydrogens is 384 g/mol. The lowest BCUT2D eigenvalue weighted by Gasteiger charge is -2.57. The van der Waals surface area contributed by atoms with Gasteiger partial charge in [0.1, 0.15) is 6.61 Å². The molecule has 6 unspecified atom stereocenters. The van der Waals surface area contributed by atoms with Gasteiger partial charge in [-0.25, -0.2) is 0 Å². The molecule has 6 atom stereocenters. The second kappa shape index (κ2) is 9.02. The molecule has 0 heterocycles. The molecule has 2 fully saturated rings. The van der Waals surface area contributed by atoms with Gasteiger partial charge in [-0.2, -0.15) is 0 Å². The zero-order chi connectivity index (χ0) is 22.2. The molecular formula is C27H44N2O2. The quantitative estimate of drug-likeness (QED) is 0.249. The van der Waals surface area contributed by atoms with Gasteiger partial charge < -0.3 is 14.8 Å². The number of hydrogen-bond donors (Lipinski definition) is 1. The highest BCUT2D eigenvalue weighted by Gasteiger charge is 2.56. The second-order valence-electron chi connectivity index (χ2n) is 11.0. The topological polar surface area (TPSA) is 45.1 Å². The number of hydrogen-bond acceptors (Lipinski definition) is 4. The third-order valence-corrected chi connectivity index (χ3v) is 9.64. The van der Waals surface area contributed by atoms with Crippen LogP contribution in [0.25, 0.3) is 0 Å². The van der Waals surface area contributed by atoms with Crippen LogP contribution in [0.4, 0.5) is 0 Å². The molecule has 0 amide bonds. The van der Waals surface area contributed by atoms with Crippen LogP contribution in [0.15, 0.2) is 28.5 Å². The lowest BCUT2D eigenvalue weighted by molar-refractivity contribution is -0.0280. The number of likely N-dealkylation sites (N-methyl/N-ethyl adjacent to an activating group) is 1. The maximum atomic E-state index is 10.2. The summed E-state index contributed by atoms with van der Waals surface area (Å²) < 4.78 is 0. The summed E-state index contributed by atoms with van der Waals surface area (Å²) in [5.41, 5.74) is 4.62. The highest BCUT2D eigenvalue weighted by Crippen LogP contribution is 2.65. The summed E-state index contributed by atoms with van der Waals surface area (Å²) in [5, 5.41) is 14.8. The van der Waals surface area contributed by atoms with E-state index >= 15 is 0 Å². The first-order chi connectivity index (χ1) is 14.8. The van der Waals surface area contributed by atoms with E-state index in [-0.39, 0.29) is 11.5 Å². The zero-order valence-corrected chi connectivity index (χ0v) is 20.5. The first-order valence-corrected chi connectivity index (χ1v) is 12.8. The Bertz CT molecular complexity index is 752. The molecule has 0 saturated heterocycles. The molecule has 1 N–H and O–H groups in total. The van der Waals surface area contributed by atoms with Gasteiger partial charge in [0.15, 0.2) is 0 Å². The molecule has 0 radical (unpaired) electrons. The summed E-state index contributed by atoms with van der Waals surface area (Å²) in [6, 6.07) is 0. The minimum atomic E-state index is -0.120. The fraction of sp³-hybridized carbons (Fsp3) is 0.815. The third kappa shape index (κ3) is 4.04. The van der Waals surface area contributed by atoms with Crippen molar-refractivity contribution in [3.63, 3.8) is 0 Å². The van der Waals surface area contributed by atoms with Gasteiger partial charge in [-0.15, -0.1) is 0 Å². The summed E-state index contributed by atoms with van der Waals surface area (Å²) >= 11 is 0. The van der Waals surface area contributed by atoms with Gasteiger partial charge in [0.2, 0.25) is 0 Å². The number of aliphatic hydroxyl groups is 1. The lowest BCUT2D eigenvalue weighted by Crippen LogP contribution is -2.50. The number of rotatable bonds is 7. The number of fused-ring (bicyclic) bond motifs is 5. The summed E-state index contributed by atoms with van der Waals surface area (Å²) in [5.74, 6) is 2.24. The van der Waals surface area contributed by atoms with Gasteiger partial charge in [0.05, 0.1) is 11.8 Å². The normalized spacial score (nSPS) is 40.0. The van der Waals surface area contributed by atoms with Crippen molar-refractivity contribution in [3.05, 3.63) is 23.3 Å². The van der Waals surface area contributed by atoms with Crippen molar-refractivity contribution < 1.29 is 9.94 Å². The summed E-state index contributed by atoms with van der Waals surface area (Å²) in [6.45, 7) is 15.2. The predicted octanol–water partition coefficient (Wildman–Crippen LogP) is 5.58. The van der Waals surface area contributed by atoms with E-state index in [1.165, 1.54) is 31.3 Å². The summed E-state index contributed by atoms with van der Waals surface area (Å²) in [7, 11) is 0. The smallest absolute Gasteiger partial charge is 0.129 e. The maximum Gasteiger partial charge on any atom is 0.129 e. The summed E-state index contributed by atoms with van der Waals surface area (Å²) in [6.07, 6.45) is 12.8. The van der Waals surface area contributed by atoms with Gasteiger partial charge in [-0.05, 0) is 99.1 Å². The van der Waals surface area contributed by atoms with E-state index in [2.05, 4.69) is 56.8 Å². The zero-order valence-electron chi connectivity index (χ0n) is 20.5. The van der Waals surface area contributed by atoms with Crippen molar-refractivity contribution in [2.24, 2.45) is 33.7 Å². The standard InChI is InChI=1S/C27H44N2O2/c1-6-29(7-2)16-17-31-28-19(3)23-10-11-24-22-9-8-20-18-21(30)12-14-26(20,4)25(22)13-15-27(23,24)5/h8,10,21-22,24-25,30H,6-7,9,11-18H2,1-5H3/b28-19+. The molecule has 2 saturated carbocycles. The van der Waals surface area contributed by atoms with E-state index in [9.17, 15) is 5.11 Å². The SMILES string of the molecule is CCN(CC)CCO/N=C(\C)C1=CCC2C3CC=C4CC(O)CCC4(C)C3CCC12C. The van der Waals surface area contributed by atoms with Crippen LogP contribution in [0.1, 0.15) is 79.6 Å². The van der Waals surface area contributed by atoms with Gasteiger partial charge in [0, 0.05) is 6.54 Å². The van der Waals surface area contributed by atoms with Crippen LogP contribution in [0.3, 0.4) is 0 Å². The number of oxime groups is 1. The first kappa shape index (κ1) is 23.0. The van der Waals surface area contributed by atoms with Crippen LogP contribution in [-0.4, -0.2) is 48.1 Å². The summed E-state index contributed by atoms with van der Waals surface area (Å²) in [4.78, 5) is 8.11. The molecule has 4 rings (SSSR count). The molecule has 0 aliphatic heterocycles. The van der Waals surface area contributed by atoms with Crippen LogP contribution in [-0.2, 0) is 4.84 Å². The molecule has 174 valence electrons. The van der Waals surface area contributed by atoms with Crippen molar-refractivity contribution in [2.45, 2.75) is 85.7 Å². The van der Waals surface area contributed by atoms with Gasteiger partial charge in [-0.1, -0.05) is 50.6 Å². The molecule has 0 aromatic carbocycles. The lowest BCUT2D eigenvalue weighted by atomic mass is 9.47. The minimum absolute atomic E-state index is 0.120. The van der Waals surface area contributed by atoms with Crippen molar-refractivity contribution in [2.75, 3.05) is 26.2 Å². The van der Waals surface area contributed by atoms with E-state index < -0.39 is 0 Å². The van der Waals surface area contributed by atoms with Gasteiger partial charge in [-0.3, -0.25) is 0 Å². The van der Waals surface area contributed by atoms with Gasteiger partial charge in [0.25, 0.3) is 0 Å². The minimum Gasteiger partial charge on any atom is -0.394 e. The molecule has 0 aromatic rings. The molecule has 4 heteroatoms. The highest BCUT2D eigenvalue weighted by atomic mass is 16.6. The van der Waals surface area contributed by atoms with Crippen LogP contribution < -0.4 is 0 Å². The van der Waals surface area contributed by atoms with E-state index in [1.54, 1.807) is 5.57 Å². The first-order valence-electron chi connectivity index (χ1n) is 12.8. The van der Waals surface area contributed by atoms with Crippen LogP contribution in [0, 0.1) is 28.6 Å². The Morgan fingerprint density at radius 1 is 1.10 bits per heavy atom. The molecule has 31 heavy (non-hydrogen) atoms. The van der Waals surface area contributed by atoms with E-state index in [1.807, 2.05) is 0 Å². The average molecular weight is 429 g/mol. The molecule has 0 aromatic heterocycles. The second-order valence-corrected chi connectivity index (χ2v) is 11.0. The Morgan fingerprint density at radius 3 is 2.58 bits per heavy atom. The average Bonchev–Trinajstić information content (AvgIpc) is 3.11. The van der Waals surface area contributed by atoms with E-state index in [4.69, 9.17) is 4.84 Å². The van der Waals surface area contributed by atoms with Crippen LogP contribution in [0.5, 0.6) is 0 Å². The predicted molar refractivity (Wildman–Crippen MR) is 128 cm³/mol. The molecule has 4 nitrogen and oxygen atoms in total. The maximum absolute atomic E-state index is 10.2. The molecule has 4 aliphatic carbocycles. The molecule has 0 spiro atoms.